The largest absolute Gasteiger partial charge is 0.379 e. The predicted molar refractivity (Wildman–Crippen MR) is 93.6 cm³/mol. The van der Waals surface area contributed by atoms with Crippen molar-refractivity contribution in [2.24, 2.45) is 0 Å². The lowest BCUT2D eigenvalue weighted by molar-refractivity contribution is 0.0169. The molecule has 1 saturated heterocycles. The van der Waals surface area contributed by atoms with Crippen molar-refractivity contribution in [2.75, 3.05) is 32.8 Å². The zero-order chi connectivity index (χ0) is 16.9. The average Bonchev–Trinajstić information content (AvgIpc) is 3.10. The van der Waals surface area contributed by atoms with Gasteiger partial charge in [-0.3, -0.25) is 14.5 Å². The second-order valence-electron chi connectivity index (χ2n) is 5.77. The highest BCUT2D eigenvalue weighted by atomic mass is 32.1. The number of pyridine rings is 1. The lowest BCUT2D eigenvalue weighted by Crippen LogP contribution is -2.44. The molecule has 2 N–H and O–H groups in total. The number of H-pyrrole nitrogens is 1. The summed E-state index contributed by atoms with van der Waals surface area (Å²) in [6.45, 7) is 5.33. The molecule has 6 nitrogen and oxygen atoms in total. The van der Waals surface area contributed by atoms with E-state index >= 15 is 0 Å². The maximum Gasteiger partial charge on any atom is 0.260 e. The van der Waals surface area contributed by atoms with Crippen molar-refractivity contribution in [3.63, 3.8) is 0 Å². The van der Waals surface area contributed by atoms with Crippen molar-refractivity contribution < 1.29 is 9.53 Å². The Morgan fingerprint density at radius 1 is 1.38 bits per heavy atom. The summed E-state index contributed by atoms with van der Waals surface area (Å²) in [4.78, 5) is 30.5. The monoisotopic (exact) mass is 347 g/mol. The molecule has 0 radical (unpaired) electrons. The molecule has 1 atom stereocenters. The molecule has 0 unspecified atom stereocenters. The first-order chi connectivity index (χ1) is 11.6. The van der Waals surface area contributed by atoms with Gasteiger partial charge in [-0.1, -0.05) is 6.07 Å². The molecule has 1 amide bonds. The van der Waals surface area contributed by atoms with Gasteiger partial charge >= 0.3 is 0 Å². The third-order valence-corrected chi connectivity index (χ3v) is 5.09. The van der Waals surface area contributed by atoms with Crippen molar-refractivity contribution in [1.29, 1.82) is 0 Å². The van der Waals surface area contributed by atoms with E-state index in [2.05, 4.69) is 21.3 Å². The fourth-order valence-electron chi connectivity index (χ4n) is 2.82. The number of ether oxygens (including phenoxy) is 1. The van der Waals surface area contributed by atoms with E-state index in [0.717, 1.165) is 18.8 Å². The molecule has 0 bridgehead atoms. The fraction of sp³-hybridized carbons (Fsp3) is 0.412. The summed E-state index contributed by atoms with van der Waals surface area (Å²) in [5.74, 6) is -0.342. The number of hydrogen-bond acceptors (Lipinski definition) is 5. The topological polar surface area (TPSA) is 74.4 Å². The predicted octanol–water partition coefficient (Wildman–Crippen LogP) is 1.55. The maximum atomic E-state index is 12.4. The lowest BCUT2D eigenvalue weighted by Gasteiger charge is -2.34. The molecule has 1 aliphatic heterocycles. The van der Waals surface area contributed by atoms with Crippen LogP contribution >= 0.6 is 11.3 Å². The summed E-state index contributed by atoms with van der Waals surface area (Å²) in [7, 11) is 0. The third-order valence-electron chi connectivity index (χ3n) is 4.11. The van der Waals surface area contributed by atoms with Gasteiger partial charge in [0.1, 0.15) is 5.56 Å². The quantitative estimate of drug-likeness (QED) is 0.861. The van der Waals surface area contributed by atoms with Crippen molar-refractivity contribution in [2.45, 2.75) is 13.0 Å². The van der Waals surface area contributed by atoms with Crippen molar-refractivity contribution in [3.05, 3.63) is 56.1 Å². The number of nitrogens with one attached hydrogen (secondary N) is 2. The average molecular weight is 347 g/mol. The van der Waals surface area contributed by atoms with Crippen LogP contribution in [0.2, 0.25) is 0 Å². The van der Waals surface area contributed by atoms with Gasteiger partial charge in [0.15, 0.2) is 0 Å². The molecule has 0 spiro atoms. The molecule has 2 aromatic heterocycles. The number of nitrogens with zero attached hydrogens (tertiary/aromatic N) is 1. The first-order valence-corrected chi connectivity index (χ1v) is 8.86. The summed E-state index contributed by atoms with van der Waals surface area (Å²) in [6, 6.07) is 7.49. The molecular weight excluding hydrogens is 326 g/mol. The smallest absolute Gasteiger partial charge is 0.260 e. The minimum absolute atomic E-state index is 0.0994. The zero-order valence-electron chi connectivity index (χ0n) is 13.6. The van der Waals surface area contributed by atoms with Gasteiger partial charge in [0.2, 0.25) is 0 Å². The van der Waals surface area contributed by atoms with E-state index in [-0.39, 0.29) is 23.1 Å². The fourth-order valence-corrected chi connectivity index (χ4v) is 3.68. The van der Waals surface area contributed by atoms with Crippen LogP contribution in [-0.4, -0.2) is 48.6 Å². The van der Waals surface area contributed by atoms with E-state index in [1.54, 1.807) is 30.4 Å². The molecule has 0 aliphatic carbocycles. The number of thiophene rings is 1. The van der Waals surface area contributed by atoms with E-state index in [9.17, 15) is 9.59 Å². The standard InChI is InChI=1S/C17H21N3O3S/c1-12-4-5-13(17(22)19-12)16(21)18-11-14(15-3-2-10-24-15)20-6-8-23-9-7-20/h2-5,10,14H,6-9,11H2,1H3,(H,18,21)(H,19,22)/t14-/m0/s1. The van der Waals surface area contributed by atoms with Crippen molar-refractivity contribution in [1.82, 2.24) is 15.2 Å². The number of amides is 1. The zero-order valence-corrected chi connectivity index (χ0v) is 14.4. The van der Waals surface area contributed by atoms with Crippen LogP contribution < -0.4 is 10.9 Å². The molecule has 2 aromatic rings. The van der Waals surface area contributed by atoms with Crippen LogP contribution in [0.15, 0.2) is 34.4 Å². The molecule has 7 heteroatoms. The minimum Gasteiger partial charge on any atom is -0.379 e. The number of aromatic nitrogens is 1. The Labute approximate surface area is 144 Å². The van der Waals surface area contributed by atoms with E-state index in [0.29, 0.717) is 19.8 Å². The molecule has 1 aliphatic rings. The Morgan fingerprint density at radius 2 is 2.17 bits per heavy atom. The molecular formula is C17H21N3O3S. The molecule has 0 saturated carbocycles. The Balaban J connectivity index is 1.71. The van der Waals surface area contributed by atoms with Crippen LogP contribution in [0.3, 0.4) is 0 Å². The maximum absolute atomic E-state index is 12.4. The summed E-state index contributed by atoms with van der Waals surface area (Å²) in [6.07, 6.45) is 0. The third kappa shape index (κ3) is 3.92. The van der Waals surface area contributed by atoms with Gasteiger partial charge in [0, 0.05) is 30.2 Å². The van der Waals surface area contributed by atoms with Crippen LogP contribution in [0.25, 0.3) is 0 Å². The van der Waals surface area contributed by atoms with E-state index in [1.165, 1.54) is 4.88 Å². The van der Waals surface area contributed by atoms with Crippen LogP contribution in [0.5, 0.6) is 0 Å². The highest BCUT2D eigenvalue weighted by Crippen LogP contribution is 2.25. The first kappa shape index (κ1) is 16.9. The SMILES string of the molecule is Cc1ccc(C(=O)NC[C@@H](c2cccs2)N2CCOCC2)c(=O)[nH]1. The number of hydrogen-bond donors (Lipinski definition) is 2. The Hall–Kier alpha value is -1.96. The van der Waals surface area contributed by atoms with Crippen LogP contribution in [-0.2, 0) is 4.74 Å². The Bertz CT molecular complexity index is 736. The van der Waals surface area contributed by atoms with Gasteiger partial charge in [-0.05, 0) is 30.5 Å². The van der Waals surface area contributed by atoms with Gasteiger partial charge in [-0.25, -0.2) is 0 Å². The number of morpholine rings is 1. The number of rotatable bonds is 5. The van der Waals surface area contributed by atoms with Gasteiger partial charge in [0.25, 0.3) is 11.5 Å². The summed E-state index contributed by atoms with van der Waals surface area (Å²) >= 11 is 1.68. The molecule has 128 valence electrons. The first-order valence-electron chi connectivity index (χ1n) is 7.98. The summed E-state index contributed by atoms with van der Waals surface area (Å²) in [5.41, 5.74) is 0.528. The molecule has 3 rings (SSSR count). The second-order valence-corrected chi connectivity index (χ2v) is 6.75. The minimum atomic E-state index is -0.355. The number of aryl methyl sites for hydroxylation is 1. The van der Waals surface area contributed by atoms with E-state index in [4.69, 9.17) is 4.74 Å². The van der Waals surface area contributed by atoms with Crippen LogP contribution in [0.1, 0.15) is 27.0 Å². The lowest BCUT2D eigenvalue weighted by atomic mass is 10.1. The van der Waals surface area contributed by atoms with Gasteiger partial charge in [0.05, 0.1) is 19.3 Å². The summed E-state index contributed by atoms with van der Waals surface area (Å²) in [5, 5.41) is 4.95. The van der Waals surface area contributed by atoms with Crippen molar-refractivity contribution >= 4 is 17.2 Å². The number of carbonyl (C=O) groups excluding carboxylic acids is 1. The number of carbonyl (C=O) groups is 1. The van der Waals surface area contributed by atoms with E-state index in [1.807, 2.05) is 11.4 Å². The Morgan fingerprint density at radius 3 is 2.83 bits per heavy atom. The van der Waals surface area contributed by atoms with Crippen LogP contribution in [0, 0.1) is 6.92 Å². The van der Waals surface area contributed by atoms with E-state index < -0.39 is 0 Å². The molecule has 1 fully saturated rings. The second kappa shape index (κ2) is 7.74. The van der Waals surface area contributed by atoms with Gasteiger partial charge in [-0.15, -0.1) is 11.3 Å². The molecule has 24 heavy (non-hydrogen) atoms. The Kier molecular flexibility index (Phi) is 5.44. The van der Waals surface area contributed by atoms with Gasteiger partial charge < -0.3 is 15.0 Å². The normalized spacial score (nSPS) is 16.7. The highest BCUT2D eigenvalue weighted by molar-refractivity contribution is 7.10. The number of aromatic amines is 1. The summed E-state index contributed by atoms with van der Waals surface area (Å²) < 4.78 is 5.42. The van der Waals surface area contributed by atoms with Gasteiger partial charge in [-0.2, -0.15) is 0 Å². The van der Waals surface area contributed by atoms with Crippen LogP contribution in [0.4, 0.5) is 0 Å². The molecule has 3 heterocycles. The molecule has 0 aromatic carbocycles. The highest BCUT2D eigenvalue weighted by Gasteiger charge is 2.24. The van der Waals surface area contributed by atoms with Crippen molar-refractivity contribution in [3.8, 4) is 0 Å².